The van der Waals surface area contributed by atoms with Crippen molar-refractivity contribution in [3.8, 4) is 11.5 Å². The molecule has 1 aromatic rings. The first-order chi connectivity index (χ1) is 8.45. The minimum Gasteiger partial charge on any atom is -0.494 e. The van der Waals surface area contributed by atoms with E-state index in [-0.39, 0.29) is 6.61 Å². The average Bonchev–Trinajstić information content (AvgIpc) is 2.35. The quantitative estimate of drug-likeness (QED) is 0.772. The zero-order valence-corrected chi connectivity index (χ0v) is 10.7. The number of rotatable bonds is 7. The number of aliphatic carboxylic acids is 1. The Balaban J connectivity index is 2.51. The van der Waals surface area contributed by atoms with E-state index in [0.717, 1.165) is 12.2 Å². The van der Waals surface area contributed by atoms with Crippen LogP contribution in [0.25, 0.3) is 0 Å². The molecule has 3 N–H and O–H groups in total. The number of benzene rings is 1. The Bertz CT molecular complexity index is 386. The molecular formula is C13H19NO4. The van der Waals surface area contributed by atoms with Crippen molar-refractivity contribution in [3.05, 3.63) is 24.3 Å². The van der Waals surface area contributed by atoms with Gasteiger partial charge in [-0.25, -0.2) is 0 Å². The van der Waals surface area contributed by atoms with Crippen LogP contribution in [0, 0.1) is 0 Å². The van der Waals surface area contributed by atoms with Crippen molar-refractivity contribution in [2.45, 2.75) is 25.8 Å². The highest BCUT2D eigenvalue weighted by Gasteiger charge is 2.28. The lowest BCUT2D eigenvalue weighted by molar-refractivity contribution is -0.143. The fraction of sp³-hybridized carbons (Fsp3) is 0.462. The molecule has 0 saturated carbocycles. The maximum absolute atomic E-state index is 10.8. The molecule has 0 amide bonds. The molecule has 5 heteroatoms. The number of carboxylic acid groups (broad SMARTS) is 1. The first-order valence-electron chi connectivity index (χ1n) is 5.83. The van der Waals surface area contributed by atoms with Crippen LogP contribution in [0.4, 0.5) is 0 Å². The summed E-state index contributed by atoms with van der Waals surface area (Å²) in [6, 6.07) is 7.01. The summed E-state index contributed by atoms with van der Waals surface area (Å²) < 4.78 is 10.7. The summed E-state index contributed by atoms with van der Waals surface area (Å²) in [5.74, 6) is 0.236. The summed E-state index contributed by atoms with van der Waals surface area (Å²) in [7, 11) is 0. The Kier molecular flexibility index (Phi) is 4.97. The summed E-state index contributed by atoms with van der Waals surface area (Å²) in [5.41, 5.74) is 4.16. The van der Waals surface area contributed by atoms with Gasteiger partial charge in [0.2, 0.25) is 0 Å². The van der Waals surface area contributed by atoms with Gasteiger partial charge < -0.3 is 20.3 Å². The molecule has 0 bridgehead atoms. The van der Waals surface area contributed by atoms with Crippen molar-refractivity contribution in [2.24, 2.45) is 5.73 Å². The number of hydrogen-bond acceptors (Lipinski definition) is 4. The number of nitrogens with two attached hydrogens (primary N) is 1. The number of ether oxygens (including phenoxy) is 2. The third-order valence-electron chi connectivity index (χ3n) is 2.32. The molecule has 0 heterocycles. The highest BCUT2D eigenvalue weighted by Crippen LogP contribution is 2.18. The van der Waals surface area contributed by atoms with Crippen LogP contribution in [0.5, 0.6) is 11.5 Å². The van der Waals surface area contributed by atoms with Gasteiger partial charge in [0.1, 0.15) is 23.6 Å². The van der Waals surface area contributed by atoms with Crippen molar-refractivity contribution >= 4 is 5.97 Å². The smallest absolute Gasteiger partial charge is 0.326 e. The van der Waals surface area contributed by atoms with Gasteiger partial charge in [-0.15, -0.1) is 0 Å². The molecule has 0 aliphatic rings. The summed E-state index contributed by atoms with van der Waals surface area (Å²) >= 11 is 0. The number of carbonyl (C=O) groups is 1. The van der Waals surface area contributed by atoms with Crippen molar-refractivity contribution < 1.29 is 19.4 Å². The molecule has 0 radical (unpaired) electrons. The van der Waals surface area contributed by atoms with Gasteiger partial charge in [-0.05, 0) is 37.6 Å². The Morgan fingerprint density at radius 2 is 1.78 bits per heavy atom. The molecule has 1 aromatic carbocycles. The SMILES string of the molecule is CCCOc1ccc(OCC(C)(N)C(=O)O)cc1. The highest BCUT2D eigenvalue weighted by molar-refractivity contribution is 5.78. The van der Waals surface area contributed by atoms with Gasteiger partial charge in [-0.2, -0.15) is 0 Å². The van der Waals surface area contributed by atoms with Crippen LogP contribution in [0.3, 0.4) is 0 Å². The molecule has 100 valence electrons. The first-order valence-corrected chi connectivity index (χ1v) is 5.83. The molecule has 1 atom stereocenters. The van der Waals surface area contributed by atoms with E-state index in [9.17, 15) is 4.79 Å². The average molecular weight is 253 g/mol. The zero-order chi connectivity index (χ0) is 13.6. The maximum Gasteiger partial charge on any atom is 0.326 e. The Labute approximate surface area is 107 Å². The van der Waals surface area contributed by atoms with E-state index in [1.165, 1.54) is 6.92 Å². The van der Waals surface area contributed by atoms with E-state index in [4.69, 9.17) is 20.3 Å². The largest absolute Gasteiger partial charge is 0.494 e. The first kappa shape index (κ1) is 14.3. The minimum atomic E-state index is -1.39. The van der Waals surface area contributed by atoms with E-state index in [1.54, 1.807) is 24.3 Å². The standard InChI is InChI=1S/C13H19NO4/c1-3-8-17-10-4-6-11(7-5-10)18-9-13(2,14)12(15)16/h4-7H,3,8-9,14H2,1-2H3,(H,15,16). The van der Waals surface area contributed by atoms with Gasteiger partial charge in [0.25, 0.3) is 0 Å². The Morgan fingerprint density at radius 1 is 1.28 bits per heavy atom. The van der Waals surface area contributed by atoms with E-state index in [0.29, 0.717) is 12.4 Å². The van der Waals surface area contributed by atoms with Gasteiger partial charge in [0.05, 0.1) is 6.61 Å². The lowest BCUT2D eigenvalue weighted by Gasteiger charge is -2.19. The summed E-state index contributed by atoms with van der Waals surface area (Å²) in [6.07, 6.45) is 0.947. The van der Waals surface area contributed by atoms with E-state index in [1.807, 2.05) is 6.92 Å². The predicted molar refractivity (Wildman–Crippen MR) is 68.0 cm³/mol. The Morgan fingerprint density at radius 3 is 2.22 bits per heavy atom. The topological polar surface area (TPSA) is 81.8 Å². The second kappa shape index (κ2) is 6.26. The van der Waals surface area contributed by atoms with Crippen LogP contribution < -0.4 is 15.2 Å². The summed E-state index contributed by atoms with van der Waals surface area (Å²) in [6.45, 7) is 4.02. The molecule has 5 nitrogen and oxygen atoms in total. The van der Waals surface area contributed by atoms with Gasteiger partial charge >= 0.3 is 5.97 Å². The Hall–Kier alpha value is -1.75. The molecule has 0 fully saturated rings. The number of hydrogen-bond donors (Lipinski definition) is 2. The normalized spacial score (nSPS) is 13.7. The van der Waals surface area contributed by atoms with Gasteiger partial charge in [-0.3, -0.25) is 4.79 Å². The zero-order valence-electron chi connectivity index (χ0n) is 10.7. The van der Waals surface area contributed by atoms with Crippen LogP contribution >= 0.6 is 0 Å². The molecule has 1 unspecified atom stereocenters. The van der Waals surface area contributed by atoms with E-state index in [2.05, 4.69) is 0 Å². The van der Waals surface area contributed by atoms with Crippen LogP contribution in [0.15, 0.2) is 24.3 Å². The van der Waals surface area contributed by atoms with Crippen molar-refractivity contribution in [3.63, 3.8) is 0 Å². The lowest BCUT2D eigenvalue weighted by atomic mass is 10.1. The van der Waals surface area contributed by atoms with Crippen LogP contribution in [-0.4, -0.2) is 29.8 Å². The van der Waals surface area contributed by atoms with E-state index < -0.39 is 11.5 Å². The molecule has 0 spiro atoms. The van der Waals surface area contributed by atoms with Gasteiger partial charge in [0, 0.05) is 0 Å². The second-order valence-corrected chi connectivity index (χ2v) is 4.33. The van der Waals surface area contributed by atoms with Crippen LogP contribution in [0.2, 0.25) is 0 Å². The molecule has 0 aliphatic carbocycles. The molecule has 0 aromatic heterocycles. The minimum absolute atomic E-state index is 0.0858. The molecule has 0 aliphatic heterocycles. The molecule has 18 heavy (non-hydrogen) atoms. The summed E-state index contributed by atoms with van der Waals surface area (Å²) in [4.78, 5) is 10.8. The third kappa shape index (κ3) is 4.25. The number of carboxylic acids is 1. The van der Waals surface area contributed by atoms with Crippen molar-refractivity contribution in [1.82, 2.24) is 0 Å². The molecule has 0 saturated heterocycles. The highest BCUT2D eigenvalue weighted by atomic mass is 16.5. The van der Waals surface area contributed by atoms with Crippen molar-refractivity contribution in [1.29, 1.82) is 0 Å². The fourth-order valence-corrected chi connectivity index (χ4v) is 1.15. The summed E-state index contributed by atoms with van der Waals surface area (Å²) in [5, 5.41) is 8.84. The van der Waals surface area contributed by atoms with Crippen molar-refractivity contribution in [2.75, 3.05) is 13.2 Å². The van der Waals surface area contributed by atoms with E-state index >= 15 is 0 Å². The molecule has 1 rings (SSSR count). The lowest BCUT2D eigenvalue weighted by Crippen LogP contribution is -2.49. The van der Waals surface area contributed by atoms with Gasteiger partial charge in [-0.1, -0.05) is 6.92 Å². The second-order valence-electron chi connectivity index (χ2n) is 4.33. The molecular weight excluding hydrogens is 234 g/mol. The van der Waals surface area contributed by atoms with Crippen LogP contribution in [0.1, 0.15) is 20.3 Å². The van der Waals surface area contributed by atoms with Crippen LogP contribution in [-0.2, 0) is 4.79 Å². The maximum atomic E-state index is 10.8. The van der Waals surface area contributed by atoms with Gasteiger partial charge in [0.15, 0.2) is 0 Å². The fourth-order valence-electron chi connectivity index (χ4n) is 1.15. The monoisotopic (exact) mass is 253 g/mol. The third-order valence-corrected chi connectivity index (χ3v) is 2.32. The predicted octanol–water partition coefficient (Wildman–Crippen LogP) is 1.66.